The molecule has 1 atom stereocenters. The minimum absolute atomic E-state index is 0.196. The fourth-order valence-electron chi connectivity index (χ4n) is 2.52. The molecule has 0 amide bonds. The Hall–Kier alpha value is 0.0600. The highest BCUT2D eigenvalue weighted by Crippen LogP contribution is 2.57. The van der Waals surface area contributed by atoms with Gasteiger partial charge >= 0.3 is 0 Å². The SMILES string of the molecule is O=S(=O)(Cl)CC1CC2(CO1)CC(F)(F)C2. The maximum atomic E-state index is 12.7. The van der Waals surface area contributed by atoms with Gasteiger partial charge in [-0.3, -0.25) is 0 Å². The van der Waals surface area contributed by atoms with Crippen molar-refractivity contribution in [1.29, 1.82) is 0 Å². The Bertz CT molecular complexity index is 360. The van der Waals surface area contributed by atoms with Gasteiger partial charge in [-0.15, -0.1) is 0 Å². The molecule has 1 aliphatic carbocycles. The second-order valence-electron chi connectivity index (χ2n) is 4.55. The van der Waals surface area contributed by atoms with E-state index in [1.165, 1.54) is 0 Å². The number of hydrogen-bond acceptors (Lipinski definition) is 3. The van der Waals surface area contributed by atoms with E-state index in [2.05, 4.69) is 0 Å². The molecular weight excluding hydrogens is 250 g/mol. The Morgan fingerprint density at radius 1 is 1.40 bits per heavy atom. The molecule has 0 radical (unpaired) electrons. The smallest absolute Gasteiger partial charge is 0.249 e. The van der Waals surface area contributed by atoms with Crippen LogP contribution in [0.25, 0.3) is 0 Å². The predicted octanol–water partition coefficient (Wildman–Crippen LogP) is 1.76. The van der Waals surface area contributed by atoms with Gasteiger partial charge in [-0.1, -0.05) is 0 Å². The number of alkyl halides is 2. The van der Waals surface area contributed by atoms with Crippen molar-refractivity contribution >= 4 is 19.7 Å². The number of ether oxygens (including phenoxy) is 1. The summed E-state index contributed by atoms with van der Waals surface area (Å²) in [6.45, 7) is 0.222. The molecule has 2 fully saturated rings. The molecular formula is C8H11ClF2O3S. The molecule has 1 aliphatic heterocycles. The minimum Gasteiger partial charge on any atom is -0.377 e. The van der Waals surface area contributed by atoms with Crippen LogP contribution in [-0.4, -0.2) is 32.8 Å². The molecule has 0 aromatic heterocycles. The Balaban J connectivity index is 1.92. The summed E-state index contributed by atoms with van der Waals surface area (Å²) in [5.41, 5.74) is -0.504. The molecule has 2 aliphatic rings. The van der Waals surface area contributed by atoms with Gasteiger partial charge in [0.2, 0.25) is 15.0 Å². The lowest BCUT2D eigenvalue weighted by atomic mass is 9.65. The lowest BCUT2D eigenvalue weighted by molar-refractivity contribution is -0.160. The standard InChI is InChI=1S/C8H11ClF2O3S/c9-15(12,13)2-6-1-7(5-14-6)3-8(10,11)4-7/h6H,1-5H2. The zero-order valence-corrected chi connectivity index (χ0v) is 9.45. The van der Waals surface area contributed by atoms with E-state index < -0.39 is 26.5 Å². The average molecular weight is 261 g/mol. The van der Waals surface area contributed by atoms with Crippen LogP contribution in [-0.2, 0) is 13.8 Å². The maximum Gasteiger partial charge on any atom is 0.249 e. The molecule has 1 saturated carbocycles. The average Bonchev–Trinajstić information content (AvgIpc) is 2.25. The van der Waals surface area contributed by atoms with Crippen LogP contribution < -0.4 is 0 Å². The highest BCUT2D eigenvalue weighted by molar-refractivity contribution is 8.13. The van der Waals surface area contributed by atoms with Crippen molar-refractivity contribution in [3.63, 3.8) is 0 Å². The molecule has 0 aromatic carbocycles. The first-order valence-electron chi connectivity index (χ1n) is 4.62. The van der Waals surface area contributed by atoms with Gasteiger partial charge < -0.3 is 4.74 Å². The second-order valence-corrected chi connectivity index (χ2v) is 7.37. The minimum atomic E-state index is -3.61. The van der Waals surface area contributed by atoms with E-state index >= 15 is 0 Å². The van der Waals surface area contributed by atoms with E-state index in [1.54, 1.807) is 0 Å². The van der Waals surface area contributed by atoms with Crippen molar-refractivity contribution in [2.75, 3.05) is 12.4 Å². The third kappa shape index (κ3) is 2.60. The fraction of sp³-hybridized carbons (Fsp3) is 1.00. The molecule has 1 saturated heterocycles. The number of halogens is 3. The number of rotatable bonds is 2. The van der Waals surface area contributed by atoms with Crippen LogP contribution >= 0.6 is 10.7 Å². The van der Waals surface area contributed by atoms with Gasteiger partial charge in [0.05, 0.1) is 18.5 Å². The van der Waals surface area contributed by atoms with Crippen molar-refractivity contribution in [1.82, 2.24) is 0 Å². The van der Waals surface area contributed by atoms with Gasteiger partial charge in [0.1, 0.15) is 0 Å². The molecule has 0 aromatic rings. The summed E-state index contributed by atoms with van der Waals surface area (Å²) in [5.74, 6) is -2.89. The van der Waals surface area contributed by atoms with Crippen molar-refractivity contribution in [2.24, 2.45) is 5.41 Å². The maximum absolute atomic E-state index is 12.7. The Morgan fingerprint density at radius 2 is 2.00 bits per heavy atom. The highest BCUT2D eigenvalue weighted by atomic mass is 35.7. The molecule has 1 unspecified atom stereocenters. The second kappa shape index (κ2) is 3.28. The van der Waals surface area contributed by atoms with Crippen molar-refractivity contribution in [2.45, 2.75) is 31.3 Å². The monoisotopic (exact) mass is 260 g/mol. The Kier molecular flexibility index (Phi) is 2.52. The number of hydrogen-bond donors (Lipinski definition) is 0. The lowest BCUT2D eigenvalue weighted by Gasteiger charge is -2.43. The quantitative estimate of drug-likeness (QED) is 0.711. The van der Waals surface area contributed by atoms with Crippen molar-refractivity contribution in [3.8, 4) is 0 Å². The van der Waals surface area contributed by atoms with E-state index in [4.69, 9.17) is 15.4 Å². The first-order valence-corrected chi connectivity index (χ1v) is 7.09. The first-order chi connectivity index (χ1) is 6.70. The summed E-state index contributed by atoms with van der Waals surface area (Å²) in [5, 5.41) is 0. The van der Waals surface area contributed by atoms with Gasteiger partial charge in [-0.05, 0) is 6.42 Å². The zero-order valence-electron chi connectivity index (χ0n) is 7.88. The van der Waals surface area contributed by atoms with Gasteiger partial charge in [0.25, 0.3) is 0 Å². The van der Waals surface area contributed by atoms with Crippen molar-refractivity contribution in [3.05, 3.63) is 0 Å². The third-order valence-electron chi connectivity index (χ3n) is 2.94. The molecule has 1 heterocycles. The molecule has 88 valence electrons. The van der Waals surface area contributed by atoms with Gasteiger partial charge in [0, 0.05) is 28.9 Å². The van der Waals surface area contributed by atoms with Crippen LogP contribution in [0.4, 0.5) is 8.78 Å². The van der Waals surface area contributed by atoms with Crippen molar-refractivity contribution < 1.29 is 21.9 Å². The van der Waals surface area contributed by atoms with E-state index in [9.17, 15) is 17.2 Å². The van der Waals surface area contributed by atoms with Crippen LogP contribution in [0.15, 0.2) is 0 Å². The Labute approximate surface area is 91.2 Å². The van der Waals surface area contributed by atoms with Crippen LogP contribution in [0.5, 0.6) is 0 Å². The molecule has 2 rings (SSSR count). The van der Waals surface area contributed by atoms with E-state index in [0.717, 1.165) is 0 Å². The van der Waals surface area contributed by atoms with E-state index in [0.29, 0.717) is 6.42 Å². The normalized spacial score (nSPS) is 32.9. The van der Waals surface area contributed by atoms with Gasteiger partial charge in [0.15, 0.2) is 0 Å². The highest BCUT2D eigenvalue weighted by Gasteiger charge is 2.59. The molecule has 0 N–H and O–H groups in total. The summed E-state index contributed by atoms with van der Waals surface area (Å²) in [4.78, 5) is 0. The van der Waals surface area contributed by atoms with Gasteiger partial charge in [-0.25, -0.2) is 17.2 Å². The third-order valence-corrected chi connectivity index (χ3v) is 4.09. The molecule has 15 heavy (non-hydrogen) atoms. The van der Waals surface area contributed by atoms with Crippen LogP contribution in [0, 0.1) is 5.41 Å². The summed E-state index contributed by atoms with van der Waals surface area (Å²) < 4.78 is 52.1. The summed E-state index contributed by atoms with van der Waals surface area (Å²) in [6, 6.07) is 0. The topological polar surface area (TPSA) is 43.4 Å². The summed E-state index contributed by atoms with van der Waals surface area (Å²) in [6.07, 6.45) is -0.546. The summed E-state index contributed by atoms with van der Waals surface area (Å²) in [7, 11) is 1.46. The van der Waals surface area contributed by atoms with Crippen LogP contribution in [0.1, 0.15) is 19.3 Å². The molecule has 0 bridgehead atoms. The Morgan fingerprint density at radius 3 is 2.47 bits per heavy atom. The van der Waals surface area contributed by atoms with E-state index in [-0.39, 0.29) is 25.2 Å². The zero-order chi connectivity index (χ0) is 11.3. The lowest BCUT2D eigenvalue weighted by Crippen LogP contribution is -2.46. The predicted molar refractivity (Wildman–Crippen MR) is 50.6 cm³/mol. The van der Waals surface area contributed by atoms with E-state index in [1.807, 2.05) is 0 Å². The molecule has 3 nitrogen and oxygen atoms in total. The first kappa shape index (κ1) is 11.5. The summed E-state index contributed by atoms with van der Waals surface area (Å²) >= 11 is 0. The van der Waals surface area contributed by atoms with Gasteiger partial charge in [-0.2, -0.15) is 0 Å². The molecule has 1 spiro atoms. The van der Waals surface area contributed by atoms with Crippen LogP contribution in [0.2, 0.25) is 0 Å². The fourth-order valence-corrected chi connectivity index (χ4v) is 3.60. The largest absolute Gasteiger partial charge is 0.377 e. The molecule has 7 heteroatoms. The van der Waals surface area contributed by atoms with Crippen LogP contribution in [0.3, 0.4) is 0 Å².